The number of benzene rings is 8. The van der Waals surface area contributed by atoms with Gasteiger partial charge in [0.05, 0.1) is 89.7 Å². The maximum absolute atomic E-state index is 10.3. The predicted octanol–water partition coefficient (Wildman–Crippen LogP) is 23.3. The maximum atomic E-state index is 10.3. The molecule has 1 aliphatic carbocycles. The van der Waals surface area contributed by atoms with Gasteiger partial charge >= 0.3 is 0 Å². The van der Waals surface area contributed by atoms with Gasteiger partial charge in [0.25, 0.3) is 20.8 Å². The molecule has 4 atom stereocenters. The summed E-state index contributed by atoms with van der Waals surface area (Å²) in [6.07, 6.45) is 11.5. The van der Waals surface area contributed by atoms with Crippen molar-refractivity contribution in [3.8, 4) is 66.8 Å². The summed E-state index contributed by atoms with van der Waals surface area (Å²) in [7, 11) is 1.63. The number of hydrogen-bond donors (Lipinski definition) is 4. The standard InChI is InChI=1S/C23H27NO3S.C22H27NO3S.C21H25NO3S.C20H23NO3S.CH4/c1-3-23(2,25)13-12-16-10-11-19(20(14-16)26-15-17-8-9-17)27-22-24-18-6-4-5-7-21(18)28-22;1-5-22(4,24)13-12-16-10-11-18(19(14-16)25-15(2)3)26-21-23-17-8-6-7-9-20(17)27-21;1-4-21(3,23)13-12-15-10-11-17(18(14-15)24-5-2)25-20-22-16-8-6-7-9-19(16)26-20;1-4-20(2,22)12-11-14-9-10-16(17(13-14)23-3)24-19-21-15-7-5-6-8-18(15)25-19;/h4-7,10-11,14,17,25H,3,8-9,12-13,15H2,1-2H3;6-11,14-15,24H,5,12-13H2,1-4H3;6-11,14,23H,4-5,12-13H2,1-3H3;5-10,13,22H,4,11-12H2,1-3H3;1H4. The molecule has 0 saturated heterocycles. The predicted molar refractivity (Wildman–Crippen MR) is 440 cm³/mol. The third kappa shape index (κ3) is 25.1. The topological polar surface area (TPSA) is 206 Å². The normalized spacial score (nSPS) is 14.1. The van der Waals surface area contributed by atoms with Crippen LogP contribution in [-0.4, -0.2) is 89.2 Å². The van der Waals surface area contributed by atoms with Crippen LogP contribution in [0.1, 0.15) is 170 Å². The Morgan fingerprint density at radius 2 is 0.664 bits per heavy atom. The number of para-hydroxylation sites is 4. The summed E-state index contributed by atoms with van der Waals surface area (Å²) < 4.78 is 51.8. The van der Waals surface area contributed by atoms with E-state index in [9.17, 15) is 20.4 Å². The Morgan fingerprint density at radius 3 is 0.944 bits per heavy atom. The molecule has 0 bridgehead atoms. The number of aliphatic hydroxyl groups is 4. The second kappa shape index (κ2) is 38.6. The van der Waals surface area contributed by atoms with Crippen LogP contribution < -0.4 is 37.9 Å². The second-order valence-corrected chi connectivity index (χ2v) is 32.3. The van der Waals surface area contributed by atoms with Gasteiger partial charge in [0.15, 0.2) is 46.0 Å². The number of ether oxygens (including phenoxy) is 8. The van der Waals surface area contributed by atoms with E-state index in [-0.39, 0.29) is 13.5 Å². The number of fused-ring (bicyclic) bond motifs is 4. The number of thiazole rings is 4. The molecule has 8 aromatic carbocycles. The zero-order chi connectivity index (χ0) is 75.4. The van der Waals surface area contributed by atoms with E-state index in [4.69, 9.17) is 37.9 Å². The minimum atomic E-state index is -0.644. The largest absolute Gasteiger partial charge is 0.493 e. The van der Waals surface area contributed by atoms with Crippen molar-refractivity contribution >= 4 is 86.2 Å². The Labute approximate surface area is 647 Å². The van der Waals surface area contributed by atoms with Crippen molar-refractivity contribution < 1.29 is 58.3 Å². The van der Waals surface area contributed by atoms with E-state index in [1.54, 1.807) is 7.11 Å². The molecule has 12 aromatic rings. The highest BCUT2D eigenvalue weighted by Crippen LogP contribution is 2.43. The number of nitrogens with zero attached hydrogens (tertiary/aromatic N) is 4. The SMILES string of the molecule is C.CCC(C)(O)CCc1ccc(Oc2nc3ccccc3s2)c(OC(C)C)c1.CCC(C)(O)CCc1ccc(Oc2nc3ccccc3s2)c(OC)c1.CCC(C)(O)CCc1ccc(Oc2nc3ccccc3s2)c(OCC2CC2)c1.CCOc1cc(CCC(C)(O)CC)ccc1Oc1nc2ccccc2s1. The van der Waals surface area contributed by atoms with E-state index in [0.29, 0.717) is 92.8 Å². The Bertz CT molecular complexity index is 4630. The average molecular weight is 1530 g/mol. The number of aromatic nitrogens is 4. The Morgan fingerprint density at radius 1 is 0.383 bits per heavy atom. The Hall–Kier alpha value is -8.44. The van der Waals surface area contributed by atoms with Gasteiger partial charge in [-0.15, -0.1) is 0 Å². The van der Waals surface area contributed by atoms with Crippen molar-refractivity contribution in [2.45, 2.75) is 202 Å². The summed E-state index contributed by atoms with van der Waals surface area (Å²) in [4.78, 5) is 18.1. The van der Waals surface area contributed by atoms with Crippen LogP contribution in [0.2, 0.25) is 0 Å². The van der Waals surface area contributed by atoms with E-state index in [1.165, 1.54) is 58.2 Å². The van der Waals surface area contributed by atoms with Crippen LogP contribution in [-0.2, 0) is 25.7 Å². The molecule has 0 aliphatic heterocycles. The lowest BCUT2D eigenvalue weighted by atomic mass is 9.94. The molecular weight excluding hydrogens is 1420 g/mol. The molecule has 107 heavy (non-hydrogen) atoms. The molecule has 4 unspecified atom stereocenters. The molecule has 570 valence electrons. The highest BCUT2D eigenvalue weighted by Gasteiger charge is 2.26. The molecule has 4 heterocycles. The molecular formula is C87H106N4O12S4. The first kappa shape index (κ1) is 82.6. The zero-order valence-electron chi connectivity index (χ0n) is 63.1. The van der Waals surface area contributed by atoms with Crippen LogP contribution in [0.15, 0.2) is 170 Å². The summed E-state index contributed by atoms with van der Waals surface area (Å²) in [6.45, 7) is 22.8. The lowest BCUT2D eigenvalue weighted by Gasteiger charge is -2.21. The van der Waals surface area contributed by atoms with Gasteiger partial charge in [-0.1, -0.05) is 153 Å². The van der Waals surface area contributed by atoms with Gasteiger partial charge < -0.3 is 58.3 Å². The molecule has 0 amide bonds. The van der Waals surface area contributed by atoms with Gasteiger partial charge in [0, 0.05) is 0 Å². The summed E-state index contributed by atoms with van der Waals surface area (Å²) in [5.41, 5.74) is 5.70. The van der Waals surface area contributed by atoms with E-state index < -0.39 is 22.4 Å². The van der Waals surface area contributed by atoms with E-state index >= 15 is 0 Å². The van der Waals surface area contributed by atoms with Gasteiger partial charge in [-0.3, -0.25) is 0 Å². The zero-order valence-corrected chi connectivity index (χ0v) is 66.4. The van der Waals surface area contributed by atoms with Crippen LogP contribution in [0.25, 0.3) is 40.9 Å². The average Bonchev–Trinajstić information content (AvgIpc) is 1.73. The minimum Gasteiger partial charge on any atom is -0.493 e. The van der Waals surface area contributed by atoms with Crippen LogP contribution in [0, 0.1) is 5.92 Å². The molecule has 0 spiro atoms. The van der Waals surface area contributed by atoms with Crippen molar-refractivity contribution in [2.75, 3.05) is 20.3 Å². The number of hydrogen-bond acceptors (Lipinski definition) is 20. The van der Waals surface area contributed by atoms with Crippen LogP contribution in [0.3, 0.4) is 0 Å². The Balaban J connectivity index is 0.000000164. The maximum Gasteiger partial charge on any atom is 0.279 e. The van der Waals surface area contributed by atoms with Gasteiger partial charge in [0.1, 0.15) is 0 Å². The number of methoxy groups -OCH3 is 1. The van der Waals surface area contributed by atoms with Gasteiger partial charge in [-0.05, 0) is 264 Å². The summed E-state index contributed by atoms with van der Waals surface area (Å²) in [5.74, 6) is 6.19. The highest BCUT2D eigenvalue weighted by atomic mass is 32.1. The first-order chi connectivity index (χ1) is 50.9. The fourth-order valence-electron chi connectivity index (χ4n) is 10.9. The highest BCUT2D eigenvalue weighted by molar-refractivity contribution is 7.21. The van der Waals surface area contributed by atoms with Gasteiger partial charge in [0.2, 0.25) is 0 Å². The molecule has 4 aromatic heterocycles. The number of rotatable bonds is 32. The third-order valence-electron chi connectivity index (χ3n) is 18.8. The Kier molecular flexibility index (Phi) is 29.8. The van der Waals surface area contributed by atoms with Crippen molar-refractivity contribution in [1.29, 1.82) is 0 Å². The summed E-state index contributed by atoms with van der Waals surface area (Å²) in [5, 5.41) is 43.4. The summed E-state index contributed by atoms with van der Waals surface area (Å²) in [6, 6.07) is 55.8. The quantitative estimate of drug-likeness (QED) is 0.0309. The van der Waals surface area contributed by atoms with Gasteiger partial charge in [-0.2, -0.15) is 0 Å². The third-order valence-corrected chi connectivity index (χ3v) is 22.5. The molecule has 16 nitrogen and oxygen atoms in total. The van der Waals surface area contributed by atoms with Crippen LogP contribution in [0.4, 0.5) is 0 Å². The van der Waals surface area contributed by atoms with E-state index in [1.807, 2.05) is 234 Å². The fourth-order valence-corrected chi connectivity index (χ4v) is 14.2. The molecule has 1 fully saturated rings. The minimum absolute atomic E-state index is 0. The first-order valence-corrected chi connectivity index (χ1v) is 40.2. The smallest absolute Gasteiger partial charge is 0.279 e. The van der Waals surface area contributed by atoms with E-state index in [0.717, 1.165) is 133 Å². The first-order valence-electron chi connectivity index (χ1n) is 36.9. The number of aryl methyl sites for hydroxylation is 4. The lowest BCUT2D eigenvalue weighted by molar-refractivity contribution is 0.0468. The van der Waals surface area contributed by atoms with Crippen molar-refractivity contribution in [3.05, 3.63) is 192 Å². The van der Waals surface area contributed by atoms with Crippen molar-refractivity contribution in [2.24, 2.45) is 5.92 Å². The molecule has 1 aliphatic rings. The van der Waals surface area contributed by atoms with Gasteiger partial charge in [-0.25, -0.2) is 19.9 Å². The monoisotopic (exact) mass is 1530 g/mol. The molecule has 13 rings (SSSR count). The molecule has 4 N–H and O–H groups in total. The van der Waals surface area contributed by atoms with Crippen LogP contribution in [0.5, 0.6) is 66.8 Å². The molecule has 20 heteroatoms. The van der Waals surface area contributed by atoms with Crippen molar-refractivity contribution in [1.82, 2.24) is 19.9 Å². The fraction of sp³-hybridized carbons (Fsp3) is 0.402. The van der Waals surface area contributed by atoms with E-state index in [2.05, 4.69) is 32.1 Å². The second-order valence-electron chi connectivity index (χ2n) is 28.3. The molecule has 0 radical (unpaired) electrons. The van der Waals surface area contributed by atoms with Crippen LogP contribution >= 0.6 is 45.3 Å². The lowest BCUT2D eigenvalue weighted by Crippen LogP contribution is -2.23. The van der Waals surface area contributed by atoms with Crippen molar-refractivity contribution in [3.63, 3.8) is 0 Å². The summed E-state index contributed by atoms with van der Waals surface area (Å²) >= 11 is 6.08. The molecule has 1 saturated carbocycles.